The predicted molar refractivity (Wildman–Crippen MR) is 85.9 cm³/mol. The molecule has 0 aliphatic carbocycles. The van der Waals surface area contributed by atoms with E-state index in [9.17, 15) is 9.59 Å². The van der Waals surface area contributed by atoms with Crippen LogP contribution in [0.2, 0.25) is 0 Å². The summed E-state index contributed by atoms with van der Waals surface area (Å²) in [6.45, 7) is 5.35. The molecule has 2 atom stereocenters. The zero-order valence-electron chi connectivity index (χ0n) is 13.3. The zero-order chi connectivity index (χ0) is 16.9. The molecule has 2 aliphatic heterocycles. The maximum Gasteiger partial charge on any atom is 0.264 e. The fourth-order valence-electron chi connectivity index (χ4n) is 2.65. The molecule has 1 aromatic carbocycles. The van der Waals surface area contributed by atoms with E-state index in [-0.39, 0.29) is 24.5 Å². The van der Waals surface area contributed by atoms with Crippen molar-refractivity contribution in [1.82, 2.24) is 10.2 Å². The summed E-state index contributed by atoms with van der Waals surface area (Å²) in [5.41, 5.74) is 0. The third-order valence-electron chi connectivity index (χ3n) is 3.93. The summed E-state index contributed by atoms with van der Waals surface area (Å²) in [5, 5.41) is 2.80. The number of carbonyl (C=O) groups excluding carboxylic acids is 2. The van der Waals surface area contributed by atoms with E-state index in [1.807, 2.05) is 12.1 Å². The number of fused-ring (bicyclic) bond motifs is 1. The Morgan fingerprint density at radius 3 is 2.92 bits per heavy atom. The van der Waals surface area contributed by atoms with Crippen molar-refractivity contribution >= 4 is 11.8 Å². The Hall–Kier alpha value is -2.54. The van der Waals surface area contributed by atoms with Crippen molar-refractivity contribution < 1.29 is 23.8 Å². The summed E-state index contributed by atoms with van der Waals surface area (Å²) in [7, 11) is 0. The van der Waals surface area contributed by atoms with Gasteiger partial charge in [-0.15, -0.1) is 0 Å². The number of carbonyl (C=O) groups is 2. The molecule has 7 nitrogen and oxygen atoms in total. The van der Waals surface area contributed by atoms with Crippen LogP contribution in [0.3, 0.4) is 0 Å². The summed E-state index contributed by atoms with van der Waals surface area (Å²) in [5.74, 6) is 0.798. The molecular formula is C17H20N2O5. The van der Waals surface area contributed by atoms with Crippen LogP contribution in [-0.4, -0.2) is 61.8 Å². The summed E-state index contributed by atoms with van der Waals surface area (Å²) in [6, 6.07) is 7.23. The molecule has 1 aromatic rings. The standard InChI is InChI=1S/C17H20N2O5/c1-2-16(20)19-7-8-22-12(10-19)9-18-17(21)15-11-23-13-5-3-4-6-14(13)24-15/h2-6,12,15H,1,7-11H2,(H,18,21). The van der Waals surface area contributed by atoms with Gasteiger partial charge in [-0.2, -0.15) is 0 Å². The molecule has 24 heavy (non-hydrogen) atoms. The number of morpholine rings is 1. The van der Waals surface area contributed by atoms with Crippen molar-refractivity contribution in [1.29, 1.82) is 0 Å². The van der Waals surface area contributed by atoms with Crippen LogP contribution in [0, 0.1) is 0 Å². The summed E-state index contributed by atoms with van der Waals surface area (Å²) >= 11 is 0. The average Bonchev–Trinajstić information content (AvgIpc) is 2.65. The molecule has 3 rings (SSSR count). The SMILES string of the molecule is C=CC(=O)N1CCOC(CNC(=O)C2COc3ccccc3O2)C1. The molecule has 1 saturated heterocycles. The van der Waals surface area contributed by atoms with Gasteiger partial charge in [0, 0.05) is 19.6 Å². The highest BCUT2D eigenvalue weighted by atomic mass is 16.6. The van der Waals surface area contributed by atoms with Crippen molar-refractivity contribution in [2.45, 2.75) is 12.2 Å². The quantitative estimate of drug-likeness (QED) is 0.806. The first-order valence-corrected chi connectivity index (χ1v) is 7.86. The van der Waals surface area contributed by atoms with Gasteiger partial charge in [0.1, 0.15) is 6.61 Å². The molecular weight excluding hydrogens is 312 g/mol. The van der Waals surface area contributed by atoms with Gasteiger partial charge in [0.25, 0.3) is 5.91 Å². The normalized spacial score (nSPS) is 22.6. The Morgan fingerprint density at radius 1 is 1.33 bits per heavy atom. The first kappa shape index (κ1) is 16.3. The maximum absolute atomic E-state index is 12.3. The van der Waals surface area contributed by atoms with Crippen molar-refractivity contribution in [2.24, 2.45) is 0 Å². The highest BCUT2D eigenvalue weighted by Gasteiger charge is 2.29. The Balaban J connectivity index is 1.49. The lowest BCUT2D eigenvalue weighted by Gasteiger charge is -2.33. The number of benzene rings is 1. The molecule has 1 N–H and O–H groups in total. The van der Waals surface area contributed by atoms with E-state index >= 15 is 0 Å². The smallest absolute Gasteiger partial charge is 0.264 e. The van der Waals surface area contributed by atoms with Gasteiger partial charge in [0.05, 0.1) is 12.7 Å². The van der Waals surface area contributed by atoms with Crippen LogP contribution in [-0.2, 0) is 14.3 Å². The van der Waals surface area contributed by atoms with Gasteiger partial charge < -0.3 is 24.4 Å². The highest BCUT2D eigenvalue weighted by Crippen LogP contribution is 2.30. The molecule has 7 heteroatoms. The van der Waals surface area contributed by atoms with E-state index in [0.29, 0.717) is 37.7 Å². The van der Waals surface area contributed by atoms with E-state index in [1.54, 1.807) is 17.0 Å². The lowest BCUT2D eigenvalue weighted by Crippen LogP contribution is -2.51. The first-order chi connectivity index (χ1) is 11.7. The maximum atomic E-state index is 12.3. The zero-order valence-corrected chi connectivity index (χ0v) is 13.3. The summed E-state index contributed by atoms with van der Waals surface area (Å²) < 4.78 is 16.8. The van der Waals surface area contributed by atoms with Crippen LogP contribution >= 0.6 is 0 Å². The van der Waals surface area contributed by atoms with E-state index in [0.717, 1.165) is 0 Å². The lowest BCUT2D eigenvalue weighted by molar-refractivity contribution is -0.135. The summed E-state index contributed by atoms with van der Waals surface area (Å²) in [6.07, 6.45) is 0.337. The fraction of sp³-hybridized carbons (Fsp3) is 0.412. The first-order valence-electron chi connectivity index (χ1n) is 7.86. The number of para-hydroxylation sites is 2. The second kappa shape index (κ2) is 7.35. The number of ether oxygens (including phenoxy) is 3. The number of rotatable bonds is 4. The minimum Gasteiger partial charge on any atom is -0.485 e. The van der Waals surface area contributed by atoms with E-state index < -0.39 is 6.10 Å². The Morgan fingerprint density at radius 2 is 2.12 bits per heavy atom. The predicted octanol–water partition coefficient (Wildman–Crippen LogP) is 0.356. The molecule has 1 fully saturated rings. The van der Waals surface area contributed by atoms with Crippen LogP contribution in [0.1, 0.15) is 0 Å². The van der Waals surface area contributed by atoms with Crippen LogP contribution in [0.5, 0.6) is 11.5 Å². The minimum atomic E-state index is -0.700. The third kappa shape index (κ3) is 3.68. The number of hydrogen-bond acceptors (Lipinski definition) is 5. The topological polar surface area (TPSA) is 77.1 Å². The Bertz CT molecular complexity index is 633. The molecule has 2 aliphatic rings. The van der Waals surface area contributed by atoms with Crippen molar-refractivity contribution in [3.05, 3.63) is 36.9 Å². The minimum absolute atomic E-state index is 0.129. The van der Waals surface area contributed by atoms with Crippen LogP contribution in [0.25, 0.3) is 0 Å². The summed E-state index contributed by atoms with van der Waals surface area (Å²) in [4.78, 5) is 25.6. The highest BCUT2D eigenvalue weighted by molar-refractivity contribution is 5.87. The van der Waals surface area contributed by atoms with Gasteiger partial charge in [0.2, 0.25) is 12.0 Å². The van der Waals surface area contributed by atoms with Gasteiger partial charge >= 0.3 is 0 Å². The van der Waals surface area contributed by atoms with E-state index in [4.69, 9.17) is 14.2 Å². The largest absolute Gasteiger partial charge is 0.485 e. The Kier molecular flexibility index (Phi) is 5.00. The second-order valence-corrected chi connectivity index (χ2v) is 5.59. The molecule has 0 radical (unpaired) electrons. The molecule has 0 bridgehead atoms. The Labute approximate surface area is 140 Å². The average molecular weight is 332 g/mol. The third-order valence-corrected chi connectivity index (χ3v) is 3.93. The van der Waals surface area contributed by atoms with Gasteiger partial charge in [-0.05, 0) is 18.2 Å². The number of amides is 2. The van der Waals surface area contributed by atoms with Gasteiger partial charge in [-0.25, -0.2) is 0 Å². The molecule has 2 heterocycles. The van der Waals surface area contributed by atoms with Gasteiger partial charge in [-0.3, -0.25) is 9.59 Å². The molecule has 128 valence electrons. The van der Waals surface area contributed by atoms with Crippen molar-refractivity contribution in [2.75, 3.05) is 32.8 Å². The number of nitrogens with one attached hydrogen (secondary N) is 1. The second-order valence-electron chi connectivity index (χ2n) is 5.59. The molecule has 2 amide bonds. The van der Waals surface area contributed by atoms with Gasteiger partial charge in [-0.1, -0.05) is 18.7 Å². The number of nitrogens with zero attached hydrogens (tertiary/aromatic N) is 1. The lowest BCUT2D eigenvalue weighted by atomic mass is 10.2. The molecule has 0 spiro atoms. The molecule has 2 unspecified atom stereocenters. The monoisotopic (exact) mass is 332 g/mol. The number of hydrogen-bond donors (Lipinski definition) is 1. The molecule has 0 aromatic heterocycles. The van der Waals surface area contributed by atoms with Crippen LogP contribution in [0.15, 0.2) is 36.9 Å². The van der Waals surface area contributed by atoms with Gasteiger partial charge in [0.15, 0.2) is 11.5 Å². The van der Waals surface area contributed by atoms with E-state index in [1.165, 1.54) is 6.08 Å². The van der Waals surface area contributed by atoms with E-state index in [2.05, 4.69) is 11.9 Å². The van der Waals surface area contributed by atoms with Crippen LogP contribution < -0.4 is 14.8 Å². The van der Waals surface area contributed by atoms with Crippen molar-refractivity contribution in [3.8, 4) is 11.5 Å². The molecule has 0 saturated carbocycles. The van der Waals surface area contributed by atoms with Crippen LogP contribution in [0.4, 0.5) is 0 Å². The van der Waals surface area contributed by atoms with Crippen molar-refractivity contribution in [3.63, 3.8) is 0 Å². The fourth-order valence-corrected chi connectivity index (χ4v) is 2.65.